The van der Waals surface area contributed by atoms with Crippen LogP contribution in [-0.4, -0.2) is 52.1 Å². The number of ether oxygens (including phenoxy) is 1. The number of carbonyl (C=O) groups excluding carboxylic acids is 1. The fraction of sp³-hybridized carbons (Fsp3) is 0.636. The number of nitro groups is 1. The smallest absolute Gasteiger partial charge is 0.435 e. The van der Waals surface area contributed by atoms with Gasteiger partial charge in [-0.25, -0.2) is 9.36 Å². The maximum Gasteiger partial charge on any atom is 0.435 e. The Kier molecular flexibility index (Phi) is 8.00. The number of halogens is 1. The van der Waals surface area contributed by atoms with Crippen LogP contribution < -0.4 is 0 Å². The van der Waals surface area contributed by atoms with Crippen LogP contribution in [0, 0.1) is 10.1 Å². The monoisotopic (exact) mass is 431 g/mol. The van der Waals surface area contributed by atoms with Gasteiger partial charge in [0, 0.05) is 14.1 Å². The van der Waals surface area contributed by atoms with E-state index in [1.54, 1.807) is 21.1 Å². The third kappa shape index (κ3) is 5.34. The summed E-state index contributed by atoms with van der Waals surface area (Å²) < 4.78 is 6.46. The van der Waals surface area contributed by atoms with Crippen molar-refractivity contribution in [3.8, 4) is 0 Å². The Morgan fingerprint density at radius 1 is 1.48 bits per heavy atom. The van der Waals surface area contributed by atoms with Crippen LogP contribution in [-0.2, 0) is 35.0 Å². The average Bonchev–Trinajstić information content (AvgIpc) is 2.62. The van der Waals surface area contributed by atoms with Gasteiger partial charge in [0.25, 0.3) is 0 Å². The second-order valence-electron chi connectivity index (χ2n) is 4.70. The first kappa shape index (κ1) is 20.0. The first-order chi connectivity index (χ1) is 9.23. The van der Waals surface area contributed by atoms with E-state index in [1.807, 2.05) is 12.5 Å². The molecule has 21 heavy (non-hydrogen) atoms. The number of hydrogen-bond donors (Lipinski definition) is 0. The van der Waals surface area contributed by atoms with Crippen molar-refractivity contribution in [1.29, 1.82) is 0 Å². The quantitative estimate of drug-likeness (QED) is 0.305. The summed E-state index contributed by atoms with van der Waals surface area (Å²) in [6.07, 6.45) is 3.55. The van der Waals surface area contributed by atoms with Gasteiger partial charge in [0.05, 0.1) is 19.6 Å². The number of rotatable bonds is 5. The maximum absolute atomic E-state index is 11.4. The van der Waals surface area contributed by atoms with Crippen LogP contribution in [0.4, 0.5) is 10.7 Å². The fourth-order valence-corrected chi connectivity index (χ4v) is 2.34. The van der Waals surface area contributed by atoms with E-state index < -0.39 is 11.0 Å². The zero-order valence-electron chi connectivity index (χ0n) is 12.7. The highest BCUT2D eigenvalue weighted by Crippen LogP contribution is 2.19. The minimum atomic E-state index is -0.537. The van der Waals surface area contributed by atoms with Crippen LogP contribution >= 0.6 is 24.0 Å². The molecule has 0 aliphatic rings. The van der Waals surface area contributed by atoms with E-state index >= 15 is 0 Å². The first-order valence-corrected chi connectivity index (χ1v) is 8.02. The van der Waals surface area contributed by atoms with Crippen LogP contribution in [0.2, 0.25) is 0 Å². The van der Waals surface area contributed by atoms with Gasteiger partial charge in [-0.15, -0.1) is 24.0 Å². The summed E-state index contributed by atoms with van der Waals surface area (Å²) in [4.78, 5) is 27.2. The van der Waals surface area contributed by atoms with Gasteiger partial charge in [0.1, 0.15) is 0 Å². The lowest BCUT2D eigenvalue weighted by Crippen LogP contribution is -2.23. The lowest BCUT2D eigenvalue weighted by atomic mass is 10.3. The predicted octanol–water partition coefficient (Wildman–Crippen LogP) is 1.52. The molecule has 1 amide bonds. The van der Waals surface area contributed by atoms with Crippen molar-refractivity contribution >= 4 is 46.9 Å². The van der Waals surface area contributed by atoms with Crippen molar-refractivity contribution in [1.82, 2.24) is 14.5 Å². The molecule has 10 heteroatoms. The third-order valence-electron chi connectivity index (χ3n) is 2.56. The summed E-state index contributed by atoms with van der Waals surface area (Å²) in [5, 5.41) is 10.9. The minimum absolute atomic E-state index is 0. The zero-order valence-corrected chi connectivity index (χ0v) is 15.8. The van der Waals surface area contributed by atoms with Gasteiger partial charge >= 0.3 is 12.0 Å². The first-order valence-electron chi connectivity index (χ1n) is 5.81. The molecule has 0 spiro atoms. The molecular weight excluding hydrogens is 411 g/mol. The number of carbonyl (C=O) groups is 1. The number of hydrogen-bond acceptors (Lipinski definition) is 5. The van der Waals surface area contributed by atoms with E-state index in [4.69, 9.17) is 4.74 Å². The maximum atomic E-state index is 11.4. The average molecular weight is 431 g/mol. The van der Waals surface area contributed by atoms with E-state index in [1.165, 1.54) is 9.47 Å². The van der Waals surface area contributed by atoms with Crippen LogP contribution in [0.3, 0.4) is 0 Å². The molecule has 0 radical (unpaired) electrons. The SMILES string of the molecule is CN(C)C(=O)OCc1c(C[S+](C)C)nc([N+](=O)[O-])n1C.I. The Bertz CT molecular complexity index is 519. The molecule has 0 aromatic carbocycles. The standard InChI is InChI=1S/C11H19N4O4S.HI/c1-13(2)11(16)19-6-9-8(7-20(4)5)12-10(14(9)3)15(17)18;/h6-7H2,1-5H3;1H/q+1;. The van der Waals surface area contributed by atoms with Crippen molar-refractivity contribution in [3.63, 3.8) is 0 Å². The molecule has 0 aliphatic heterocycles. The molecule has 0 saturated carbocycles. The highest BCUT2D eigenvalue weighted by molar-refractivity contribution is 14.0. The van der Waals surface area contributed by atoms with E-state index in [2.05, 4.69) is 4.98 Å². The van der Waals surface area contributed by atoms with Crippen LogP contribution in [0.1, 0.15) is 11.4 Å². The number of aromatic nitrogens is 2. The summed E-state index contributed by atoms with van der Waals surface area (Å²) in [5.74, 6) is 0.387. The predicted molar refractivity (Wildman–Crippen MR) is 92.1 cm³/mol. The largest absolute Gasteiger partial charge is 0.441 e. The van der Waals surface area contributed by atoms with Gasteiger partial charge in [0.15, 0.2) is 18.1 Å². The molecular formula is C11H20IN4O4S+. The topological polar surface area (TPSA) is 90.5 Å². The molecule has 1 heterocycles. The van der Waals surface area contributed by atoms with Crippen LogP contribution in [0.15, 0.2) is 0 Å². The Hall–Kier alpha value is -1.04. The zero-order chi connectivity index (χ0) is 15.4. The van der Waals surface area contributed by atoms with Crippen LogP contribution in [0.5, 0.6) is 0 Å². The van der Waals surface area contributed by atoms with Crippen molar-refractivity contribution in [2.24, 2.45) is 7.05 Å². The molecule has 0 N–H and O–H groups in total. The molecule has 1 aromatic rings. The van der Waals surface area contributed by atoms with Gasteiger partial charge < -0.3 is 19.8 Å². The van der Waals surface area contributed by atoms with Gasteiger partial charge in [0.2, 0.25) is 5.69 Å². The Morgan fingerprint density at radius 2 is 2.05 bits per heavy atom. The summed E-state index contributed by atoms with van der Waals surface area (Å²) in [6, 6.07) is 0. The third-order valence-corrected chi connectivity index (χ3v) is 3.41. The Morgan fingerprint density at radius 3 is 2.48 bits per heavy atom. The van der Waals surface area contributed by atoms with Gasteiger partial charge in [-0.3, -0.25) is 0 Å². The molecule has 8 nitrogen and oxygen atoms in total. The second kappa shape index (κ2) is 8.41. The second-order valence-corrected chi connectivity index (χ2v) is 6.96. The fourth-order valence-electron chi connectivity index (χ4n) is 1.57. The lowest BCUT2D eigenvalue weighted by Gasteiger charge is -2.10. The van der Waals surface area contributed by atoms with Gasteiger partial charge in [-0.05, 0) is 15.8 Å². The molecule has 0 fully saturated rings. The van der Waals surface area contributed by atoms with Gasteiger partial charge in [-0.2, -0.15) is 0 Å². The van der Waals surface area contributed by atoms with E-state index in [0.29, 0.717) is 17.1 Å². The highest BCUT2D eigenvalue weighted by Gasteiger charge is 2.28. The summed E-state index contributed by atoms with van der Waals surface area (Å²) in [5.41, 5.74) is 1.17. The number of amides is 1. The number of nitrogens with zero attached hydrogens (tertiary/aromatic N) is 4. The van der Waals surface area contributed by atoms with Crippen molar-refractivity contribution in [2.45, 2.75) is 12.4 Å². The molecule has 0 atom stereocenters. The summed E-state index contributed by atoms with van der Waals surface area (Å²) in [6.45, 7) is -0.0269. The minimum Gasteiger partial charge on any atom is -0.441 e. The molecule has 0 unspecified atom stereocenters. The summed E-state index contributed by atoms with van der Waals surface area (Å²) >= 11 is 0. The van der Waals surface area contributed by atoms with Crippen molar-refractivity contribution in [3.05, 3.63) is 21.5 Å². The molecule has 1 aromatic heterocycles. The lowest BCUT2D eigenvalue weighted by molar-refractivity contribution is -0.396. The van der Waals surface area contributed by atoms with E-state index in [9.17, 15) is 14.9 Å². The van der Waals surface area contributed by atoms with E-state index in [-0.39, 0.29) is 47.4 Å². The van der Waals surface area contributed by atoms with Crippen LogP contribution in [0.25, 0.3) is 0 Å². The Labute approximate surface area is 143 Å². The van der Waals surface area contributed by atoms with Crippen molar-refractivity contribution in [2.75, 3.05) is 26.6 Å². The van der Waals surface area contributed by atoms with E-state index in [0.717, 1.165) is 0 Å². The highest BCUT2D eigenvalue weighted by atomic mass is 127. The van der Waals surface area contributed by atoms with Gasteiger partial charge in [-0.1, -0.05) is 4.98 Å². The molecule has 0 aliphatic carbocycles. The molecule has 120 valence electrons. The summed E-state index contributed by atoms with van der Waals surface area (Å²) in [7, 11) is 4.74. The van der Waals surface area contributed by atoms with Crippen molar-refractivity contribution < 1.29 is 14.5 Å². The normalized spacial score (nSPS) is 10.2. The number of imidazole rings is 1. The molecule has 0 bridgehead atoms. The molecule has 0 saturated heterocycles. The molecule has 1 rings (SSSR count). The Balaban J connectivity index is 0.00000400.